The maximum absolute atomic E-state index is 6.16. The van der Waals surface area contributed by atoms with Gasteiger partial charge in [0.05, 0.1) is 6.04 Å². The summed E-state index contributed by atoms with van der Waals surface area (Å²) in [6.45, 7) is 3.95. The first-order chi connectivity index (χ1) is 8.63. The van der Waals surface area contributed by atoms with Crippen LogP contribution < -0.4 is 11.3 Å². The Morgan fingerprint density at radius 3 is 2.67 bits per heavy atom. The van der Waals surface area contributed by atoms with Gasteiger partial charge in [0.15, 0.2) is 0 Å². The van der Waals surface area contributed by atoms with E-state index in [1.165, 1.54) is 0 Å². The van der Waals surface area contributed by atoms with Crippen LogP contribution in [0.3, 0.4) is 0 Å². The van der Waals surface area contributed by atoms with Crippen LogP contribution in [0.15, 0.2) is 36.5 Å². The van der Waals surface area contributed by atoms with Crippen molar-refractivity contribution in [1.82, 2.24) is 10.4 Å². The third-order valence-corrected chi connectivity index (χ3v) is 3.46. The van der Waals surface area contributed by atoms with Crippen LogP contribution in [0.1, 0.15) is 28.4 Å². The minimum absolute atomic E-state index is 0.100. The molecule has 94 valence electrons. The fraction of sp³-hybridized carbons (Fsp3) is 0.214. The van der Waals surface area contributed by atoms with E-state index < -0.39 is 0 Å². The van der Waals surface area contributed by atoms with Crippen LogP contribution in [0.5, 0.6) is 0 Å². The molecule has 0 aliphatic carbocycles. The minimum atomic E-state index is -0.100. The van der Waals surface area contributed by atoms with Crippen LogP contribution in [-0.4, -0.2) is 4.98 Å². The molecule has 0 spiro atoms. The molecule has 1 heterocycles. The van der Waals surface area contributed by atoms with Crippen molar-refractivity contribution in [2.45, 2.75) is 19.9 Å². The molecule has 4 heteroatoms. The van der Waals surface area contributed by atoms with E-state index in [9.17, 15) is 0 Å². The molecule has 0 saturated carbocycles. The van der Waals surface area contributed by atoms with Crippen LogP contribution >= 0.6 is 11.6 Å². The molecule has 0 fully saturated rings. The highest BCUT2D eigenvalue weighted by atomic mass is 35.5. The highest BCUT2D eigenvalue weighted by molar-refractivity contribution is 6.31. The predicted molar refractivity (Wildman–Crippen MR) is 74.3 cm³/mol. The van der Waals surface area contributed by atoms with Gasteiger partial charge in [-0.1, -0.05) is 29.8 Å². The van der Waals surface area contributed by atoms with E-state index in [1.807, 2.05) is 44.2 Å². The lowest BCUT2D eigenvalue weighted by atomic mass is 9.97. The van der Waals surface area contributed by atoms with E-state index in [1.54, 1.807) is 6.20 Å². The summed E-state index contributed by atoms with van der Waals surface area (Å²) < 4.78 is 0. The van der Waals surface area contributed by atoms with E-state index in [2.05, 4.69) is 10.4 Å². The lowest BCUT2D eigenvalue weighted by Gasteiger charge is -2.19. The van der Waals surface area contributed by atoms with Crippen molar-refractivity contribution in [3.63, 3.8) is 0 Å². The molecule has 1 aromatic heterocycles. The Hall–Kier alpha value is -1.42. The fourth-order valence-electron chi connectivity index (χ4n) is 1.96. The van der Waals surface area contributed by atoms with E-state index in [0.717, 1.165) is 27.4 Å². The van der Waals surface area contributed by atoms with Crippen LogP contribution in [0.4, 0.5) is 0 Å². The van der Waals surface area contributed by atoms with Crippen molar-refractivity contribution in [3.05, 3.63) is 63.9 Å². The van der Waals surface area contributed by atoms with Gasteiger partial charge in [-0.25, -0.2) is 5.43 Å². The summed E-state index contributed by atoms with van der Waals surface area (Å²) in [5.74, 6) is 5.67. The number of nitrogens with zero attached hydrogens (tertiary/aromatic N) is 1. The molecule has 2 rings (SSSR count). The summed E-state index contributed by atoms with van der Waals surface area (Å²) in [6, 6.07) is 9.78. The Bertz CT molecular complexity index is 554. The first kappa shape index (κ1) is 13.0. The van der Waals surface area contributed by atoms with E-state index in [4.69, 9.17) is 17.4 Å². The zero-order chi connectivity index (χ0) is 13.1. The number of hydrogen-bond acceptors (Lipinski definition) is 3. The molecule has 0 saturated heterocycles. The van der Waals surface area contributed by atoms with Gasteiger partial charge in [0, 0.05) is 16.9 Å². The Morgan fingerprint density at radius 1 is 1.28 bits per heavy atom. The van der Waals surface area contributed by atoms with Gasteiger partial charge in [-0.15, -0.1) is 0 Å². The van der Waals surface area contributed by atoms with Crippen LogP contribution in [-0.2, 0) is 0 Å². The lowest BCUT2D eigenvalue weighted by Crippen LogP contribution is -2.29. The molecule has 1 unspecified atom stereocenters. The average Bonchev–Trinajstić information content (AvgIpc) is 2.37. The zero-order valence-electron chi connectivity index (χ0n) is 10.4. The maximum Gasteiger partial charge on any atom is 0.0728 e. The van der Waals surface area contributed by atoms with Gasteiger partial charge in [0.2, 0.25) is 0 Å². The fourth-order valence-corrected chi connectivity index (χ4v) is 2.15. The first-order valence-electron chi connectivity index (χ1n) is 5.77. The highest BCUT2D eigenvalue weighted by Crippen LogP contribution is 2.26. The smallest absolute Gasteiger partial charge is 0.0728 e. The summed E-state index contributed by atoms with van der Waals surface area (Å²) in [4.78, 5) is 4.28. The van der Waals surface area contributed by atoms with Gasteiger partial charge in [-0.05, 0) is 42.7 Å². The highest BCUT2D eigenvalue weighted by Gasteiger charge is 2.15. The molecule has 0 bridgehead atoms. The molecule has 3 nitrogen and oxygen atoms in total. The van der Waals surface area contributed by atoms with E-state index in [0.29, 0.717) is 0 Å². The van der Waals surface area contributed by atoms with E-state index >= 15 is 0 Å². The topological polar surface area (TPSA) is 50.9 Å². The van der Waals surface area contributed by atoms with Crippen LogP contribution in [0, 0.1) is 13.8 Å². The molecular formula is C14H16ClN3. The quantitative estimate of drug-likeness (QED) is 0.660. The molecule has 0 amide bonds. The summed E-state index contributed by atoms with van der Waals surface area (Å²) in [5.41, 5.74) is 6.92. The van der Waals surface area contributed by atoms with Crippen molar-refractivity contribution in [1.29, 1.82) is 0 Å². The average molecular weight is 262 g/mol. The second kappa shape index (κ2) is 5.48. The van der Waals surface area contributed by atoms with Gasteiger partial charge in [-0.2, -0.15) is 0 Å². The Kier molecular flexibility index (Phi) is 3.97. The van der Waals surface area contributed by atoms with Crippen molar-refractivity contribution < 1.29 is 0 Å². The van der Waals surface area contributed by atoms with Gasteiger partial charge < -0.3 is 0 Å². The number of aryl methyl sites for hydroxylation is 2. The second-order valence-electron chi connectivity index (χ2n) is 4.29. The first-order valence-corrected chi connectivity index (χ1v) is 6.15. The standard InChI is InChI=1S/C14H16ClN3/c1-9-5-6-11(8-13(9)15)14(18-16)12-4-3-7-17-10(12)2/h3-8,14,18H,16H2,1-2H3. The maximum atomic E-state index is 6.16. The number of nitrogens with two attached hydrogens (primary N) is 1. The largest absolute Gasteiger partial charge is 0.271 e. The van der Waals surface area contributed by atoms with Gasteiger partial charge >= 0.3 is 0 Å². The summed E-state index contributed by atoms with van der Waals surface area (Å²) in [6.07, 6.45) is 1.77. The number of halogens is 1. The number of rotatable bonds is 3. The van der Waals surface area contributed by atoms with Crippen molar-refractivity contribution in [3.8, 4) is 0 Å². The molecule has 18 heavy (non-hydrogen) atoms. The van der Waals surface area contributed by atoms with Crippen molar-refractivity contribution in [2.75, 3.05) is 0 Å². The van der Waals surface area contributed by atoms with Gasteiger partial charge in [0.25, 0.3) is 0 Å². The summed E-state index contributed by atoms with van der Waals surface area (Å²) >= 11 is 6.16. The Balaban J connectivity index is 2.45. The molecule has 0 radical (unpaired) electrons. The second-order valence-corrected chi connectivity index (χ2v) is 4.69. The molecule has 2 aromatic rings. The Labute approximate surface area is 112 Å². The summed E-state index contributed by atoms with van der Waals surface area (Å²) in [5, 5.41) is 0.745. The molecular weight excluding hydrogens is 246 g/mol. The number of pyridine rings is 1. The zero-order valence-corrected chi connectivity index (χ0v) is 11.2. The molecule has 0 aliphatic heterocycles. The Morgan fingerprint density at radius 2 is 2.06 bits per heavy atom. The van der Waals surface area contributed by atoms with Crippen LogP contribution in [0.25, 0.3) is 0 Å². The predicted octanol–water partition coefficient (Wildman–Crippen LogP) is 2.90. The van der Waals surface area contributed by atoms with E-state index in [-0.39, 0.29) is 6.04 Å². The number of benzene rings is 1. The number of aromatic nitrogens is 1. The lowest BCUT2D eigenvalue weighted by molar-refractivity contribution is 0.630. The third kappa shape index (κ3) is 2.53. The molecule has 1 aromatic carbocycles. The number of hydrazine groups is 1. The summed E-state index contributed by atoms with van der Waals surface area (Å²) in [7, 11) is 0. The monoisotopic (exact) mass is 261 g/mol. The van der Waals surface area contributed by atoms with Crippen molar-refractivity contribution in [2.24, 2.45) is 5.84 Å². The molecule has 0 aliphatic rings. The number of nitrogens with one attached hydrogen (secondary N) is 1. The minimum Gasteiger partial charge on any atom is -0.271 e. The normalized spacial score (nSPS) is 12.4. The van der Waals surface area contributed by atoms with Gasteiger partial charge in [0.1, 0.15) is 0 Å². The molecule has 1 atom stereocenters. The van der Waals surface area contributed by atoms with Crippen molar-refractivity contribution >= 4 is 11.6 Å². The number of hydrogen-bond donors (Lipinski definition) is 2. The molecule has 3 N–H and O–H groups in total. The third-order valence-electron chi connectivity index (χ3n) is 3.05. The van der Waals surface area contributed by atoms with Gasteiger partial charge in [-0.3, -0.25) is 10.8 Å². The van der Waals surface area contributed by atoms with Crippen LogP contribution in [0.2, 0.25) is 5.02 Å². The SMILES string of the molecule is Cc1ccc(C(NN)c2cccnc2C)cc1Cl.